The molecule has 9 aromatic rings. The van der Waals surface area contributed by atoms with E-state index < -0.39 is 0 Å². The number of hydrogen-bond acceptors (Lipinski definition) is 13. The molecule has 0 atom stereocenters. The molecule has 0 fully saturated rings. The maximum Gasteiger partial charge on any atom is 0.0548 e. The van der Waals surface area contributed by atoms with Crippen molar-refractivity contribution in [2.45, 2.75) is 78.5 Å². The predicted octanol–water partition coefficient (Wildman–Crippen LogP) is 9.05. The summed E-state index contributed by atoms with van der Waals surface area (Å²) < 4.78 is 0. The number of hydrogen-bond donors (Lipinski definition) is 0. The van der Waals surface area contributed by atoms with Gasteiger partial charge in [-0.05, 0) is 109 Å². The zero-order valence-corrected chi connectivity index (χ0v) is 39.4. The van der Waals surface area contributed by atoms with Crippen molar-refractivity contribution >= 4 is 0 Å². The van der Waals surface area contributed by atoms with E-state index >= 15 is 0 Å². The third kappa shape index (κ3) is 15.1. The SMILES string of the molecule is c1ccc(CN(Cc2ccccn2)Cc2cccc(CN(Cc3cccc(CN(Cc4ccccn4)Cc4ccccn4)n3)Cc3cccc(CN(Cc4ccccn4)Cc4ccccn4)n3)n2)nc1. The molecule has 0 unspecified atom stereocenters. The lowest BCUT2D eigenvalue weighted by Crippen LogP contribution is -2.27. The molecule has 13 heteroatoms. The van der Waals surface area contributed by atoms with Crippen LogP contribution in [0.5, 0.6) is 0 Å². The van der Waals surface area contributed by atoms with Gasteiger partial charge in [-0.1, -0.05) is 54.6 Å². The maximum absolute atomic E-state index is 5.29. The van der Waals surface area contributed by atoms with Gasteiger partial charge in [-0.3, -0.25) is 64.5 Å². The fraction of sp³-hybridized carbons (Fsp3) is 0.211. The first kappa shape index (κ1) is 47.3. The Morgan fingerprint density at radius 2 is 0.343 bits per heavy atom. The number of aromatic nitrogens is 9. The van der Waals surface area contributed by atoms with E-state index in [1.165, 1.54) is 0 Å². The summed E-state index contributed by atoms with van der Waals surface area (Å²) in [5.74, 6) is 0. The van der Waals surface area contributed by atoms with Crippen LogP contribution in [0.25, 0.3) is 0 Å². The second-order valence-electron chi connectivity index (χ2n) is 17.4. The molecule has 0 aliphatic rings. The molecule has 9 heterocycles. The van der Waals surface area contributed by atoms with Gasteiger partial charge in [0.15, 0.2) is 0 Å². The molecule has 0 aliphatic carbocycles. The molecule has 350 valence electrons. The monoisotopic (exact) mass is 923 g/mol. The van der Waals surface area contributed by atoms with Crippen molar-refractivity contribution in [3.05, 3.63) is 269 Å². The molecular formula is C57H57N13. The molecule has 9 aromatic heterocycles. The first-order chi connectivity index (χ1) is 34.6. The van der Waals surface area contributed by atoms with Crippen molar-refractivity contribution in [3.63, 3.8) is 0 Å². The van der Waals surface area contributed by atoms with Gasteiger partial charge in [0, 0.05) is 116 Å². The highest BCUT2D eigenvalue weighted by atomic mass is 15.2. The molecule has 13 nitrogen and oxygen atoms in total. The largest absolute Gasteiger partial charge is 0.286 e. The lowest BCUT2D eigenvalue weighted by molar-refractivity contribution is 0.227. The highest BCUT2D eigenvalue weighted by molar-refractivity contribution is 5.18. The predicted molar refractivity (Wildman–Crippen MR) is 270 cm³/mol. The second-order valence-corrected chi connectivity index (χ2v) is 17.4. The van der Waals surface area contributed by atoms with Crippen molar-refractivity contribution in [1.29, 1.82) is 0 Å². The smallest absolute Gasteiger partial charge is 0.0548 e. The maximum atomic E-state index is 5.29. The third-order valence-electron chi connectivity index (χ3n) is 11.6. The summed E-state index contributed by atoms with van der Waals surface area (Å²) in [6, 6.07) is 55.3. The highest BCUT2D eigenvalue weighted by Gasteiger charge is 2.18. The van der Waals surface area contributed by atoms with Gasteiger partial charge in [0.25, 0.3) is 0 Å². The van der Waals surface area contributed by atoms with E-state index in [9.17, 15) is 0 Å². The van der Waals surface area contributed by atoms with Gasteiger partial charge in [0.1, 0.15) is 0 Å². The van der Waals surface area contributed by atoms with Gasteiger partial charge in [-0.25, -0.2) is 0 Å². The molecule has 0 N–H and O–H groups in total. The van der Waals surface area contributed by atoms with Crippen molar-refractivity contribution in [2.75, 3.05) is 0 Å². The second kappa shape index (κ2) is 25.0. The highest BCUT2D eigenvalue weighted by Crippen LogP contribution is 2.19. The Morgan fingerprint density at radius 3 is 0.500 bits per heavy atom. The first-order valence-corrected chi connectivity index (χ1v) is 23.7. The summed E-state index contributed by atoms with van der Waals surface area (Å²) >= 11 is 0. The average molecular weight is 924 g/mol. The molecular weight excluding hydrogens is 867 g/mol. The van der Waals surface area contributed by atoms with Gasteiger partial charge >= 0.3 is 0 Å². The summed E-state index contributed by atoms with van der Waals surface area (Å²) in [4.78, 5) is 53.1. The van der Waals surface area contributed by atoms with Gasteiger partial charge in [-0.15, -0.1) is 0 Å². The first-order valence-electron chi connectivity index (χ1n) is 23.7. The van der Waals surface area contributed by atoms with Crippen molar-refractivity contribution in [1.82, 2.24) is 64.5 Å². The van der Waals surface area contributed by atoms with Crippen LogP contribution >= 0.6 is 0 Å². The number of pyridine rings is 9. The van der Waals surface area contributed by atoms with E-state index in [0.717, 1.165) is 68.3 Å². The molecule has 9 rings (SSSR count). The minimum Gasteiger partial charge on any atom is -0.286 e. The zero-order valence-electron chi connectivity index (χ0n) is 39.4. The van der Waals surface area contributed by atoms with E-state index in [1.807, 2.05) is 110 Å². The molecule has 0 bridgehead atoms. The molecule has 0 saturated heterocycles. The van der Waals surface area contributed by atoms with Crippen molar-refractivity contribution in [2.24, 2.45) is 0 Å². The van der Waals surface area contributed by atoms with Crippen LogP contribution in [0.2, 0.25) is 0 Å². The average Bonchev–Trinajstić information content (AvgIpc) is 3.38. The van der Waals surface area contributed by atoms with Crippen molar-refractivity contribution < 1.29 is 0 Å². The lowest BCUT2D eigenvalue weighted by Gasteiger charge is -2.25. The Balaban J connectivity index is 0.970. The summed E-state index contributed by atoms with van der Waals surface area (Å²) in [6.45, 7) is 7.67. The van der Waals surface area contributed by atoms with Crippen LogP contribution in [0.4, 0.5) is 0 Å². The summed E-state index contributed by atoms with van der Waals surface area (Å²) in [6.07, 6.45) is 11.1. The van der Waals surface area contributed by atoms with E-state index in [2.05, 4.69) is 140 Å². The molecule has 70 heavy (non-hydrogen) atoms. The van der Waals surface area contributed by atoms with Crippen LogP contribution in [0, 0.1) is 0 Å². The minimum atomic E-state index is 0.586. The van der Waals surface area contributed by atoms with Crippen LogP contribution in [-0.4, -0.2) is 64.5 Å². The normalized spacial score (nSPS) is 11.5. The summed E-state index contributed by atoms with van der Waals surface area (Å²) in [5.41, 5.74) is 11.8. The molecule has 0 aromatic carbocycles. The quantitative estimate of drug-likeness (QED) is 0.0572. The van der Waals surface area contributed by atoms with Gasteiger partial charge in [0.2, 0.25) is 0 Å². The Bertz CT molecular complexity index is 2470. The van der Waals surface area contributed by atoms with Crippen molar-refractivity contribution in [3.8, 4) is 0 Å². The number of rotatable bonds is 24. The van der Waals surface area contributed by atoms with Crippen LogP contribution in [0.3, 0.4) is 0 Å². The standard InChI is InChI=1S/C57H57N13/c1-7-28-58-46(16-1)34-67(35-47-17-2-8-29-59-47)40-52-22-13-25-55(64-52)43-70(44-56-26-14-23-53(65-56)41-68(36-48-18-3-9-30-60-48)37-49-19-4-10-31-61-49)45-57-27-15-24-54(66-57)42-69(38-50-20-5-11-32-62-50)39-51-21-6-12-33-63-51/h1-33H,34-45H2. The van der Waals surface area contributed by atoms with Gasteiger partial charge < -0.3 is 0 Å². The Morgan fingerprint density at radius 1 is 0.186 bits per heavy atom. The summed E-state index contributed by atoms with van der Waals surface area (Å²) in [5, 5.41) is 0. The Labute approximate surface area is 410 Å². The number of nitrogens with zero attached hydrogens (tertiary/aromatic N) is 13. The topological polar surface area (TPSA) is 129 Å². The lowest BCUT2D eigenvalue weighted by atomic mass is 10.2. The fourth-order valence-corrected chi connectivity index (χ4v) is 8.49. The van der Waals surface area contributed by atoms with Gasteiger partial charge in [-0.2, -0.15) is 0 Å². The Hall–Kier alpha value is -7.81. The fourth-order valence-electron chi connectivity index (χ4n) is 8.49. The molecule has 0 radical (unpaired) electrons. The van der Waals surface area contributed by atoms with Gasteiger partial charge in [0.05, 0.1) is 68.3 Å². The van der Waals surface area contributed by atoms with E-state index in [1.54, 1.807) is 0 Å². The van der Waals surface area contributed by atoms with Crippen LogP contribution < -0.4 is 0 Å². The van der Waals surface area contributed by atoms with E-state index in [-0.39, 0.29) is 0 Å². The van der Waals surface area contributed by atoms with E-state index in [4.69, 9.17) is 15.0 Å². The molecule has 0 amide bonds. The molecule has 0 aliphatic heterocycles. The Kier molecular flexibility index (Phi) is 16.9. The molecule has 0 spiro atoms. The summed E-state index contributed by atoms with van der Waals surface area (Å²) in [7, 11) is 0. The van der Waals surface area contributed by atoms with Crippen LogP contribution in [0.15, 0.2) is 201 Å². The van der Waals surface area contributed by atoms with Crippen LogP contribution in [-0.2, 0) is 78.5 Å². The molecule has 0 saturated carbocycles. The third-order valence-corrected chi connectivity index (χ3v) is 11.6. The van der Waals surface area contributed by atoms with E-state index in [0.29, 0.717) is 78.5 Å². The zero-order chi connectivity index (χ0) is 47.4. The minimum absolute atomic E-state index is 0.586. The van der Waals surface area contributed by atoms with Crippen LogP contribution in [0.1, 0.15) is 68.3 Å².